The van der Waals surface area contributed by atoms with Gasteiger partial charge in [-0.25, -0.2) is 9.67 Å². The van der Waals surface area contributed by atoms with Gasteiger partial charge in [-0.2, -0.15) is 18.3 Å². The number of alkyl halides is 3. The second kappa shape index (κ2) is 7.52. The first-order valence-electron chi connectivity index (χ1n) is 9.17. The first-order chi connectivity index (χ1) is 15.0. The highest BCUT2D eigenvalue weighted by atomic mass is 35.5. The van der Waals surface area contributed by atoms with Gasteiger partial charge in [0.25, 0.3) is 11.5 Å². The number of fused-ring (bicyclic) bond motifs is 1. The average Bonchev–Trinajstić information content (AvgIpc) is 3.23. The lowest BCUT2D eigenvalue weighted by atomic mass is 10.1. The number of hydrogen-bond acceptors (Lipinski definition) is 5. The van der Waals surface area contributed by atoms with Crippen LogP contribution in [-0.2, 0) is 13.2 Å². The Bertz CT molecular complexity index is 1440. The lowest BCUT2D eigenvalue weighted by molar-refractivity contribution is -0.137. The van der Waals surface area contributed by atoms with Crippen molar-refractivity contribution in [1.29, 1.82) is 0 Å². The molecule has 0 saturated heterocycles. The summed E-state index contributed by atoms with van der Waals surface area (Å²) in [5.74, 6) is -0.494. The molecular weight excluding hydrogens is 451 g/mol. The Labute approximate surface area is 183 Å². The summed E-state index contributed by atoms with van der Waals surface area (Å²) < 4.78 is 47.3. The number of aromatic nitrogens is 4. The Kier molecular flexibility index (Phi) is 5.08. The molecule has 1 aromatic carbocycles. The van der Waals surface area contributed by atoms with Gasteiger partial charge >= 0.3 is 6.18 Å². The van der Waals surface area contributed by atoms with Crippen LogP contribution < -0.4 is 10.9 Å². The number of aryl methyl sites for hydroxylation is 3. The Morgan fingerprint density at radius 3 is 2.62 bits per heavy atom. The van der Waals surface area contributed by atoms with Crippen LogP contribution in [0.1, 0.15) is 27.4 Å². The maximum atomic E-state index is 13.2. The minimum Gasteiger partial charge on any atom is -0.442 e. The van der Waals surface area contributed by atoms with Gasteiger partial charge in [-0.1, -0.05) is 11.6 Å². The average molecular weight is 466 g/mol. The minimum atomic E-state index is -4.59. The first-order valence-corrected chi connectivity index (χ1v) is 9.55. The molecule has 4 rings (SSSR count). The molecule has 0 aliphatic carbocycles. The summed E-state index contributed by atoms with van der Waals surface area (Å²) in [4.78, 5) is 29.6. The van der Waals surface area contributed by atoms with E-state index in [-0.39, 0.29) is 39.0 Å². The number of furan rings is 1. The number of benzene rings is 1. The summed E-state index contributed by atoms with van der Waals surface area (Å²) >= 11 is 6.13. The molecule has 0 unspecified atom stereocenters. The van der Waals surface area contributed by atoms with E-state index in [9.17, 15) is 22.8 Å². The van der Waals surface area contributed by atoms with Crippen molar-refractivity contribution in [1.82, 2.24) is 19.3 Å². The maximum absolute atomic E-state index is 13.2. The van der Waals surface area contributed by atoms with Crippen LogP contribution in [0, 0.1) is 13.8 Å². The van der Waals surface area contributed by atoms with Crippen molar-refractivity contribution in [2.24, 2.45) is 7.05 Å². The monoisotopic (exact) mass is 465 g/mol. The third-order valence-electron chi connectivity index (χ3n) is 4.75. The highest BCUT2D eigenvalue weighted by molar-refractivity contribution is 6.32. The predicted octanol–water partition coefficient (Wildman–Crippen LogP) is 4.25. The van der Waals surface area contributed by atoms with E-state index in [1.807, 2.05) is 0 Å². The van der Waals surface area contributed by atoms with Crippen molar-refractivity contribution in [2.45, 2.75) is 20.0 Å². The van der Waals surface area contributed by atoms with Crippen LogP contribution in [0.3, 0.4) is 0 Å². The van der Waals surface area contributed by atoms with Gasteiger partial charge in [-0.05, 0) is 32.0 Å². The molecular formula is C20H15ClF3N5O3. The smallest absolute Gasteiger partial charge is 0.416 e. The largest absolute Gasteiger partial charge is 0.442 e. The van der Waals surface area contributed by atoms with Crippen molar-refractivity contribution in [3.8, 4) is 5.69 Å². The fourth-order valence-electron chi connectivity index (χ4n) is 3.26. The van der Waals surface area contributed by atoms with E-state index in [1.54, 1.807) is 6.92 Å². The molecule has 3 aromatic heterocycles. The van der Waals surface area contributed by atoms with Crippen LogP contribution in [0.2, 0.25) is 5.02 Å². The van der Waals surface area contributed by atoms with E-state index in [0.717, 1.165) is 22.9 Å². The Balaban J connectivity index is 1.80. The summed E-state index contributed by atoms with van der Waals surface area (Å²) in [6.07, 6.45) is -3.33. The highest BCUT2D eigenvalue weighted by Gasteiger charge is 2.31. The number of carbonyl (C=O) groups is 1. The van der Waals surface area contributed by atoms with E-state index >= 15 is 0 Å². The molecule has 166 valence electrons. The SMILES string of the molecule is Cc1cc(NC(=O)c2c(C)oc3ncn(C)c(=O)c23)n(-c2cc(C(F)(F)F)ccc2Cl)n1. The van der Waals surface area contributed by atoms with Gasteiger partial charge in [0.2, 0.25) is 5.71 Å². The third kappa shape index (κ3) is 3.64. The maximum Gasteiger partial charge on any atom is 0.416 e. The van der Waals surface area contributed by atoms with E-state index < -0.39 is 23.2 Å². The minimum absolute atomic E-state index is 0.000361. The molecule has 0 aliphatic rings. The number of halogens is 4. The molecule has 0 fully saturated rings. The van der Waals surface area contributed by atoms with Crippen molar-refractivity contribution in [3.05, 3.63) is 68.6 Å². The number of amides is 1. The summed E-state index contributed by atoms with van der Waals surface area (Å²) in [6, 6.07) is 4.25. The van der Waals surface area contributed by atoms with E-state index in [2.05, 4.69) is 15.4 Å². The van der Waals surface area contributed by atoms with Gasteiger partial charge < -0.3 is 14.3 Å². The number of nitrogens with zero attached hydrogens (tertiary/aromatic N) is 4. The molecule has 8 nitrogen and oxygen atoms in total. The van der Waals surface area contributed by atoms with Crippen LogP contribution in [-0.4, -0.2) is 25.2 Å². The first kappa shape index (κ1) is 21.6. The van der Waals surface area contributed by atoms with Gasteiger partial charge in [0.05, 0.1) is 27.5 Å². The molecule has 0 spiro atoms. The van der Waals surface area contributed by atoms with Crippen LogP contribution in [0.15, 0.2) is 39.8 Å². The van der Waals surface area contributed by atoms with E-state index in [4.69, 9.17) is 16.0 Å². The van der Waals surface area contributed by atoms with Crippen LogP contribution in [0.25, 0.3) is 16.8 Å². The van der Waals surface area contributed by atoms with Gasteiger partial charge in [-0.3, -0.25) is 9.59 Å². The van der Waals surface area contributed by atoms with Crippen molar-refractivity contribution in [3.63, 3.8) is 0 Å². The Morgan fingerprint density at radius 2 is 1.94 bits per heavy atom. The second-order valence-corrected chi connectivity index (χ2v) is 7.48. The molecule has 0 atom stereocenters. The van der Waals surface area contributed by atoms with Crippen molar-refractivity contribution < 1.29 is 22.4 Å². The molecule has 3 heterocycles. The highest BCUT2D eigenvalue weighted by Crippen LogP contribution is 2.34. The zero-order valence-corrected chi connectivity index (χ0v) is 17.7. The normalized spacial score (nSPS) is 11.8. The molecule has 12 heteroatoms. The second-order valence-electron chi connectivity index (χ2n) is 7.07. The van der Waals surface area contributed by atoms with Crippen LogP contribution in [0.4, 0.5) is 19.0 Å². The van der Waals surface area contributed by atoms with Gasteiger partial charge in [0.15, 0.2) is 0 Å². The summed E-state index contributed by atoms with van der Waals surface area (Å²) in [6.45, 7) is 3.11. The van der Waals surface area contributed by atoms with Crippen LogP contribution in [0.5, 0.6) is 0 Å². The summed E-state index contributed by atoms with van der Waals surface area (Å²) in [5, 5.41) is 6.74. The molecule has 32 heavy (non-hydrogen) atoms. The lowest BCUT2D eigenvalue weighted by Crippen LogP contribution is -2.21. The molecule has 0 radical (unpaired) electrons. The van der Waals surface area contributed by atoms with Crippen molar-refractivity contribution in [2.75, 3.05) is 5.32 Å². The zero-order valence-electron chi connectivity index (χ0n) is 16.9. The predicted molar refractivity (Wildman–Crippen MR) is 110 cm³/mol. The van der Waals surface area contributed by atoms with Crippen LogP contribution >= 0.6 is 11.6 Å². The number of nitrogens with one attached hydrogen (secondary N) is 1. The zero-order chi connectivity index (χ0) is 23.4. The fourth-order valence-corrected chi connectivity index (χ4v) is 3.46. The van der Waals surface area contributed by atoms with Gasteiger partial charge in [0.1, 0.15) is 23.3 Å². The molecule has 1 amide bonds. The number of hydrogen-bond donors (Lipinski definition) is 1. The molecule has 0 bridgehead atoms. The van der Waals surface area contributed by atoms with Gasteiger partial charge in [0, 0.05) is 13.1 Å². The number of carbonyl (C=O) groups excluding carboxylic acids is 1. The fraction of sp³-hybridized carbons (Fsp3) is 0.200. The summed E-state index contributed by atoms with van der Waals surface area (Å²) in [7, 11) is 1.48. The topological polar surface area (TPSA) is 95.0 Å². The Hall–Kier alpha value is -3.60. The van der Waals surface area contributed by atoms with Gasteiger partial charge in [-0.15, -0.1) is 0 Å². The van der Waals surface area contributed by atoms with Crippen molar-refractivity contribution >= 4 is 34.4 Å². The quantitative estimate of drug-likeness (QED) is 0.488. The number of rotatable bonds is 3. The molecule has 0 saturated carbocycles. The number of anilines is 1. The molecule has 0 aliphatic heterocycles. The van der Waals surface area contributed by atoms with E-state index in [1.165, 1.54) is 30.9 Å². The van der Waals surface area contributed by atoms with E-state index in [0.29, 0.717) is 5.69 Å². The summed E-state index contributed by atoms with van der Waals surface area (Å²) in [5.41, 5.74) is -1.09. The standard InChI is InChI=1S/C20H15ClF3N5O3/c1-9-6-14(29(27-9)13-7-11(20(22,23)24)4-5-12(13)21)26-17(30)15-10(2)32-18-16(15)19(31)28(3)8-25-18/h4-8H,1-3H3,(H,26,30). The Morgan fingerprint density at radius 1 is 1.22 bits per heavy atom. The molecule has 1 N–H and O–H groups in total. The third-order valence-corrected chi connectivity index (χ3v) is 5.07. The lowest BCUT2D eigenvalue weighted by Gasteiger charge is -2.13. The molecule has 4 aromatic rings.